The van der Waals surface area contributed by atoms with Crippen LogP contribution in [0.15, 0.2) is 48.5 Å². The van der Waals surface area contributed by atoms with Gasteiger partial charge >= 0.3 is 0 Å². The molecule has 0 bridgehead atoms. The fourth-order valence-corrected chi connectivity index (χ4v) is 3.20. The van der Waals surface area contributed by atoms with Crippen LogP contribution in [0.4, 0.5) is 0 Å². The molecule has 2 rings (SSSR count). The van der Waals surface area contributed by atoms with Crippen LogP contribution in [-0.2, 0) is 22.6 Å². The molecule has 0 heterocycles. The Morgan fingerprint density at radius 2 is 1.60 bits per heavy atom. The van der Waals surface area contributed by atoms with Crippen molar-refractivity contribution in [3.05, 3.63) is 59.7 Å². The highest BCUT2D eigenvalue weighted by Gasteiger charge is 2.26. The predicted molar refractivity (Wildman–Crippen MR) is 118 cm³/mol. The predicted octanol–water partition coefficient (Wildman–Crippen LogP) is 3.58. The van der Waals surface area contributed by atoms with Crippen molar-refractivity contribution >= 4 is 11.8 Å². The number of amides is 2. The minimum Gasteiger partial charge on any atom is -0.493 e. The summed E-state index contributed by atoms with van der Waals surface area (Å²) in [6, 6.07) is 14.8. The van der Waals surface area contributed by atoms with Gasteiger partial charge in [-0.05, 0) is 50.5 Å². The zero-order valence-electron chi connectivity index (χ0n) is 18.5. The van der Waals surface area contributed by atoms with Crippen molar-refractivity contribution in [2.24, 2.45) is 0 Å². The molecule has 0 saturated carbocycles. The smallest absolute Gasteiger partial charge is 0.242 e. The molecule has 0 spiro atoms. The summed E-state index contributed by atoms with van der Waals surface area (Å²) in [7, 11) is 3.18. The van der Waals surface area contributed by atoms with E-state index in [1.54, 1.807) is 26.0 Å². The molecule has 2 amide bonds. The molecule has 30 heavy (non-hydrogen) atoms. The van der Waals surface area contributed by atoms with Gasteiger partial charge in [-0.3, -0.25) is 9.59 Å². The van der Waals surface area contributed by atoms with Crippen LogP contribution in [0.3, 0.4) is 0 Å². The molecule has 6 nitrogen and oxygen atoms in total. The van der Waals surface area contributed by atoms with E-state index in [-0.39, 0.29) is 17.9 Å². The zero-order valence-corrected chi connectivity index (χ0v) is 18.5. The van der Waals surface area contributed by atoms with Gasteiger partial charge in [0.25, 0.3) is 0 Å². The Morgan fingerprint density at radius 3 is 2.20 bits per heavy atom. The number of aryl methyl sites for hydroxylation is 1. The van der Waals surface area contributed by atoms with E-state index in [9.17, 15) is 9.59 Å². The Morgan fingerprint density at radius 1 is 0.933 bits per heavy atom. The second kappa shape index (κ2) is 11.2. The SMILES string of the molecule is COc1ccc(CCC(=O)N(Cc2ccccc2)C(C)C(=O)NC(C)C)cc1OC. The standard InChI is InChI=1S/C24H32N2O4/c1-17(2)25-24(28)18(3)26(16-20-9-7-6-8-10-20)23(27)14-12-19-11-13-21(29-4)22(15-19)30-5/h6-11,13,15,17-18H,12,14,16H2,1-5H3,(H,25,28). The Bertz CT molecular complexity index is 836. The van der Waals surface area contributed by atoms with Gasteiger partial charge in [-0.15, -0.1) is 0 Å². The average Bonchev–Trinajstić information content (AvgIpc) is 2.75. The van der Waals surface area contributed by atoms with Gasteiger partial charge < -0.3 is 19.7 Å². The van der Waals surface area contributed by atoms with Crippen LogP contribution in [0.1, 0.15) is 38.3 Å². The molecule has 2 aromatic carbocycles. The monoisotopic (exact) mass is 412 g/mol. The maximum absolute atomic E-state index is 13.1. The number of rotatable bonds is 10. The summed E-state index contributed by atoms with van der Waals surface area (Å²) in [5.74, 6) is 1.06. The van der Waals surface area contributed by atoms with Crippen molar-refractivity contribution in [3.8, 4) is 11.5 Å². The number of nitrogens with zero attached hydrogens (tertiary/aromatic N) is 1. The van der Waals surface area contributed by atoms with E-state index < -0.39 is 6.04 Å². The molecule has 0 aliphatic rings. The summed E-state index contributed by atoms with van der Waals surface area (Å²) < 4.78 is 10.6. The maximum atomic E-state index is 13.1. The van der Waals surface area contributed by atoms with Gasteiger partial charge in [0.2, 0.25) is 11.8 Å². The third-order valence-electron chi connectivity index (χ3n) is 4.87. The molecular weight excluding hydrogens is 380 g/mol. The van der Waals surface area contributed by atoms with Gasteiger partial charge in [0, 0.05) is 19.0 Å². The van der Waals surface area contributed by atoms with Gasteiger partial charge in [-0.2, -0.15) is 0 Å². The van der Waals surface area contributed by atoms with Crippen molar-refractivity contribution in [1.29, 1.82) is 0 Å². The first kappa shape index (κ1) is 23.3. The van der Waals surface area contributed by atoms with E-state index >= 15 is 0 Å². The highest BCUT2D eigenvalue weighted by Crippen LogP contribution is 2.28. The third kappa shape index (κ3) is 6.51. The molecule has 0 aliphatic carbocycles. The molecule has 2 aromatic rings. The van der Waals surface area contributed by atoms with Crippen LogP contribution < -0.4 is 14.8 Å². The second-order valence-corrected chi connectivity index (χ2v) is 7.54. The lowest BCUT2D eigenvalue weighted by atomic mass is 10.1. The minimum atomic E-state index is -0.564. The fourth-order valence-electron chi connectivity index (χ4n) is 3.20. The summed E-state index contributed by atoms with van der Waals surface area (Å²) in [5, 5.41) is 2.90. The number of hydrogen-bond acceptors (Lipinski definition) is 4. The van der Waals surface area contributed by atoms with Crippen molar-refractivity contribution in [3.63, 3.8) is 0 Å². The van der Waals surface area contributed by atoms with Crippen LogP contribution in [0.2, 0.25) is 0 Å². The van der Waals surface area contributed by atoms with Crippen molar-refractivity contribution < 1.29 is 19.1 Å². The Labute approximate surface area is 179 Å². The maximum Gasteiger partial charge on any atom is 0.242 e. The summed E-state index contributed by atoms with van der Waals surface area (Å²) in [4.78, 5) is 27.3. The number of carbonyl (C=O) groups is 2. The first-order valence-electron chi connectivity index (χ1n) is 10.2. The van der Waals surface area contributed by atoms with E-state index in [0.717, 1.165) is 11.1 Å². The fraction of sp³-hybridized carbons (Fsp3) is 0.417. The summed E-state index contributed by atoms with van der Waals surface area (Å²) >= 11 is 0. The van der Waals surface area contributed by atoms with Gasteiger partial charge in [-0.25, -0.2) is 0 Å². The highest BCUT2D eigenvalue weighted by molar-refractivity contribution is 5.87. The lowest BCUT2D eigenvalue weighted by Gasteiger charge is -2.29. The third-order valence-corrected chi connectivity index (χ3v) is 4.87. The lowest BCUT2D eigenvalue weighted by Crippen LogP contribution is -2.49. The van der Waals surface area contributed by atoms with E-state index in [0.29, 0.717) is 30.9 Å². The quantitative estimate of drug-likeness (QED) is 0.648. The second-order valence-electron chi connectivity index (χ2n) is 7.54. The van der Waals surface area contributed by atoms with Crippen LogP contribution in [-0.4, -0.2) is 43.0 Å². The molecule has 6 heteroatoms. The molecule has 1 unspecified atom stereocenters. The van der Waals surface area contributed by atoms with Gasteiger partial charge in [0.05, 0.1) is 14.2 Å². The Kier molecular flexibility index (Phi) is 8.71. The van der Waals surface area contributed by atoms with Gasteiger partial charge in [0.15, 0.2) is 11.5 Å². The van der Waals surface area contributed by atoms with Crippen LogP contribution in [0, 0.1) is 0 Å². The number of carbonyl (C=O) groups excluding carboxylic acids is 2. The molecule has 162 valence electrons. The molecule has 0 aromatic heterocycles. The average molecular weight is 413 g/mol. The number of ether oxygens (including phenoxy) is 2. The van der Waals surface area contributed by atoms with Crippen LogP contribution in [0.5, 0.6) is 11.5 Å². The normalized spacial score (nSPS) is 11.7. The van der Waals surface area contributed by atoms with E-state index in [2.05, 4.69) is 5.32 Å². The topological polar surface area (TPSA) is 67.9 Å². The Balaban J connectivity index is 2.14. The number of benzene rings is 2. The molecule has 0 fully saturated rings. The minimum absolute atomic E-state index is 0.0143. The Hall–Kier alpha value is -3.02. The molecule has 0 radical (unpaired) electrons. The van der Waals surface area contributed by atoms with Crippen LogP contribution >= 0.6 is 0 Å². The van der Waals surface area contributed by atoms with Gasteiger partial charge in [-0.1, -0.05) is 36.4 Å². The summed E-state index contributed by atoms with van der Waals surface area (Å²) in [6.07, 6.45) is 0.838. The molecular formula is C24H32N2O4. The van der Waals surface area contributed by atoms with E-state index in [4.69, 9.17) is 9.47 Å². The van der Waals surface area contributed by atoms with E-state index in [1.807, 2.05) is 62.4 Å². The largest absolute Gasteiger partial charge is 0.493 e. The first-order valence-corrected chi connectivity index (χ1v) is 10.2. The first-order chi connectivity index (χ1) is 14.3. The molecule has 1 atom stereocenters. The van der Waals surface area contributed by atoms with Crippen molar-refractivity contribution in [2.75, 3.05) is 14.2 Å². The molecule has 0 saturated heterocycles. The zero-order chi connectivity index (χ0) is 22.1. The summed E-state index contributed by atoms with van der Waals surface area (Å²) in [5.41, 5.74) is 1.96. The lowest BCUT2D eigenvalue weighted by molar-refractivity contribution is -0.140. The van der Waals surface area contributed by atoms with Crippen molar-refractivity contribution in [1.82, 2.24) is 10.2 Å². The number of nitrogens with one attached hydrogen (secondary N) is 1. The van der Waals surface area contributed by atoms with Gasteiger partial charge in [0.1, 0.15) is 6.04 Å². The van der Waals surface area contributed by atoms with Crippen molar-refractivity contribution in [2.45, 2.75) is 52.2 Å². The summed E-state index contributed by atoms with van der Waals surface area (Å²) in [6.45, 7) is 5.98. The number of hydrogen-bond donors (Lipinski definition) is 1. The van der Waals surface area contributed by atoms with E-state index in [1.165, 1.54) is 0 Å². The highest BCUT2D eigenvalue weighted by atomic mass is 16.5. The number of methoxy groups -OCH3 is 2. The molecule has 1 N–H and O–H groups in total. The van der Waals surface area contributed by atoms with Crippen LogP contribution in [0.25, 0.3) is 0 Å². The molecule has 0 aliphatic heterocycles.